The lowest BCUT2D eigenvalue weighted by molar-refractivity contribution is -0.107. The SMILES string of the molecule is O=C(NC1CCOC2(CCCCC2)C1)c1ncoc1-c1cccs1. The molecular formula is C18H22N2O3S. The number of aromatic nitrogens is 1. The zero-order chi connectivity index (χ0) is 16.4. The maximum atomic E-state index is 12.7. The van der Waals surface area contributed by atoms with Gasteiger partial charge in [0.05, 0.1) is 10.5 Å². The third kappa shape index (κ3) is 3.13. The fourth-order valence-electron chi connectivity index (χ4n) is 3.94. The van der Waals surface area contributed by atoms with Crippen LogP contribution in [0.15, 0.2) is 28.3 Å². The van der Waals surface area contributed by atoms with E-state index in [-0.39, 0.29) is 17.6 Å². The molecule has 0 aromatic carbocycles. The van der Waals surface area contributed by atoms with Crippen LogP contribution >= 0.6 is 11.3 Å². The van der Waals surface area contributed by atoms with E-state index in [4.69, 9.17) is 9.15 Å². The Hall–Kier alpha value is -1.66. The molecule has 2 aromatic rings. The van der Waals surface area contributed by atoms with Crippen molar-refractivity contribution < 1.29 is 13.9 Å². The largest absolute Gasteiger partial charge is 0.442 e. The highest BCUT2D eigenvalue weighted by molar-refractivity contribution is 7.13. The van der Waals surface area contributed by atoms with Crippen molar-refractivity contribution in [2.45, 2.75) is 56.6 Å². The summed E-state index contributed by atoms with van der Waals surface area (Å²) in [5, 5.41) is 5.12. The van der Waals surface area contributed by atoms with Crippen LogP contribution in [0.4, 0.5) is 0 Å². The monoisotopic (exact) mass is 346 g/mol. The summed E-state index contributed by atoms with van der Waals surface area (Å²) in [5.41, 5.74) is 0.358. The standard InChI is InChI=1S/C18H22N2O3S/c21-17(15-16(22-12-19-15)14-5-4-10-24-14)20-13-6-9-23-18(11-13)7-2-1-3-8-18/h4-5,10,12-13H,1-3,6-9,11H2,(H,20,21). The molecule has 6 heteroatoms. The van der Waals surface area contributed by atoms with Crippen molar-refractivity contribution in [1.82, 2.24) is 10.3 Å². The Bertz CT molecular complexity index is 683. The summed E-state index contributed by atoms with van der Waals surface area (Å²) in [4.78, 5) is 17.8. The molecule has 1 atom stereocenters. The summed E-state index contributed by atoms with van der Waals surface area (Å²) >= 11 is 1.54. The van der Waals surface area contributed by atoms with Crippen molar-refractivity contribution in [3.8, 4) is 10.6 Å². The van der Waals surface area contributed by atoms with Crippen molar-refractivity contribution in [3.05, 3.63) is 29.6 Å². The summed E-state index contributed by atoms with van der Waals surface area (Å²) < 4.78 is 11.6. The van der Waals surface area contributed by atoms with Crippen molar-refractivity contribution in [1.29, 1.82) is 0 Å². The van der Waals surface area contributed by atoms with E-state index >= 15 is 0 Å². The van der Waals surface area contributed by atoms with E-state index < -0.39 is 0 Å². The van der Waals surface area contributed by atoms with Crippen LogP contribution in [0, 0.1) is 0 Å². The van der Waals surface area contributed by atoms with E-state index in [1.165, 1.54) is 25.7 Å². The van der Waals surface area contributed by atoms with Crippen LogP contribution in [0.25, 0.3) is 10.6 Å². The van der Waals surface area contributed by atoms with Gasteiger partial charge in [0.2, 0.25) is 0 Å². The normalized spacial score (nSPS) is 23.2. The van der Waals surface area contributed by atoms with E-state index in [2.05, 4.69) is 10.3 Å². The number of hydrogen-bond donors (Lipinski definition) is 1. The average Bonchev–Trinajstić information content (AvgIpc) is 3.27. The van der Waals surface area contributed by atoms with E-state index in [9.17, 15) is 4.79 Å². The first-order valence-corrected chi connectivity index (χ1v) is 9.56. The average molecular weight is 346 g/mol. The van der Waals surface area contributed by atoms with Gasteiger partial charge in [-0.3, -0.25) is 4.79 Å². The van der Waals surface area contributed by atoms with E-state index in [0.29, 0.717) is 11.5 Å². The molecule has 0 bridgehead atoms. The van der Waals surface area contributed by atoms with Gasteiger partial charge in [-0.1, -0.05) is 25.3 Å². The van der Waals surface area contributed by atoms with Crippen LogP contribution in [0.1, 0.15) is 55.4 Å². The number of ether oxygens (including phenoxy) is 1. The van der Waals surface area contributed by atoms with Gasteiger partial charge in [0.25, 0.3) is 5.91 Å². The second-order valence-corrected chi connectivity index (χ2v) is 7.71. The van der Waals surface area contributed by atoms with Gasteiger partial charge in [-0.15, -0.1) is 11.3 Å². The maximum absolute atomic E-state index is 12.7. The van der Waals surface area contributed by atoms with Gasteiger partial charge in [-0.2, -0.15) is 0 Å². The number of carbonyl (C=O) groups excluding carboxylic acids is 1. The van der Waals surface area contributed by atoms with Crippen LogP contribution in [0.5, 0.6) is 0 Å². The minimum atomic E-state index is -0.148. The minimum Gasteiger partial charge on any atom is -0.442 e. The third-order valence-electron chi connectivity index (χ3n) is 5.12. The molecule has 0 radical (unpaired) electrons. The molecule has 5 nitrogen and oxygen atoms in total. The highest BCUT2D eigenvalue weighted by atomic mass is 32.1. The molecule has 1 aliphatic heterocycles. The van der Waals surface area contributed by atoms with Gasteiger partial charge in [0, 0.05) is 12.6 Å². The number of thiophene rings is 1. The quantitative estimate of drug-likeness (QED) is 0.912. The van der Waals surface area contributed by atoms with Gasteiger partial charge in [-0.05, 0) is 37.1 Å². The second-order valence-electron chi connectivity index (χ2n) is 6.76. The Labute approximate surface area is 145 Å². The van der Waals surface area contributed by atoms with Gasteiger partial charge in [0.1, 0.15) is 0 Å². The molecule has 2 aromatic heterocycles. The van der Waals surface area contributed by atoms with E-state index in [1.54, 1.807) is 11.3 Å². The highest BCUT2D eigenvalue weighted by Crippen LogP contribution is 2.38. The lowest BCUT2D eigenvalue weighted by atomic mass is 9.78. The van der Waals surface area contributed by atoms with Crippen molar-refractivity contribution in [2.24, 2.45) is 0 Å². The smallest absolute Gasteiger partial charge is 0.274 e. The number of nitrogens with zero attached hydrogens (tertiary/aromatic N) is 1. The zero-order valence-electron chi connectivity index (χ0n) is 13.6. The number of carbonyl (C=O) groups is 1. The van der Waals surface area contributed by atoms with Gasteiger partial charge in [-0.25, -0.2) is 4.98 Å². The molecule has 3 heterocycles. The fourth-order valence-corrected chi connectivity index (χ4v) is 4.65. The van der Waals surface area contributed by atoms with Crippen LogP contribution < -0.4 is 5.32 Å². The third-order valence-corrected chi connectivity index (χ3v) is 5.99. The molecular weight excluding hydrogens is 324 g/mol. The van der Waals surface area contributed by atoms with Crippen molar-refractivity contribution in [3.63, 3.8) is 0 Å². The predicted molar refractivity (Wildman–Crippen MR) is 92.1 cm³/mol. The number of rotatable bonds is 3. The lowest BCUT2D eigenvalue weighted by Crippen LogP contribution is -2.49. The molecule has 2 fully saturated rings. The number of nitrogens with one attached hydrogen (secondary N) is 1. The summed E-state index contributed by atoms with van der Waals surface area (Å²) in [6, 6.07) is 4.03. The Balaban J connectivity index is 1.46. The molecule has 1 amide bonds. The number of oxazole rings is 1. The first-order chi connectivity index (χ1) is 11.8. The molecule has 1 aliphatic carbocycles. The number of amides is 1. The molecule has 2 aliphatic rings. The molecule has 24 heavy (non-hydrogen) atoms. The van der Waals surface area contributed by atoms with Gasteiger partial charge >= 0.3 is 0 Å². The number of hydrogen-bond acceptors (Lipinski definition) is 5. The van der Waals surface area contributed by atoms with Crippen molar-refractivity contribution in [2.75, 3.05) is 6.61 Å². The van der Waals surface area contributed by atoms with E-state index in [1.807, 2.05) is 17.5 Å². The fraction of sp³-hybridized carbons (Fsp3) is 0.556. The Morgan fingerprint density at radius 1 is 1.33 bits per heavy atom. The zero-order valence-corrected chi connectivity index (χ0v) is 14.4. The minimum absolute atomic E-state index is 0.0190. The summed E-state index contributed by atoms with van der Waals surface area (Å²) in [7, 11) is 0. The topological polar surface area (TPSA) is 64.4 Å². The van der Waals surface area contributed by atoms with Gasteiger partial charge < -0.3 is 14.5 Å². The molecule has 1 unspecified atom stereocenters. The predicted octanol–water partition coefficient (Wildman–Crippen LogP) is 4.01. The Morgan fingerprint density at radius 2 is 2.21 bits per heavy atom. The molecule has 128 valence electrons. The summed E-state index contributed by atoms with van der Waals surface area (Å²) in [5.74, 6) is 0.409. The first-order valence-electron chi connectivity index (χ1n) is 8.68. The summed E-state index contributed by atoms with van der Waals surface area (Å²) in [6.07, 6.45) is 9.10. The highest BCUT2D eigenvalue weighted by Gasteiger charge is 2.39. The van der Waals surface area contributed by atoms with Crippen molar-refractivity contribution >= 4 is 17.2 Å². The molecule has 1 spiro atoms. The lowest BCUT2D eigenvalue weighted by Gasteiger charge is -2.43. The van der Waals surface area contributed by atoms with Crippen LogP contribution in [-0.2, 0) is 4.74 Å². The van der Waals surface area contributed by atoms with Crippen LogP contribution in [-0.4, -0.2) is 29.1 Å². The molecule has 4 rings (SSSR count). The Kier molecular flexibility index (Phi) is 4.41. The van der Waals surface area contributed by atoms with Crippen LogP contribution in [0.2, 0.25) is 0 Å². The van der Waals surface area contributed by atoms with Gasteiger partial charge in [0.15, 0.2) is 17.8 Å². The molecule has 1 saturated heterocycles. The maximum Gasteiger partial charge on any atom is 0.274 e. The first kappa shape index (κ1) is 15.8. The summed E-state index contributed by atoms with van der Waals surface area (Å²) in [6.45, 7) is 0.724. The Morgan fingerprint density at radius 3 is 3.00 bits per heavy atom. The second kappa shape index (κ2) is 6.69. The molecule has 1 saturated carbocycles. The van der Waals surface area contributed by atoms with E-state index in [0.717, 1.165) is 37.2 Å². The molecule has 1 N–H and O–H groups in total. The van der Waals surface area contributed by atoms with Crippen LogP contribution in [0.3, 0.4) is 0 Å².